The lowest BCUT2D eigenvalue weighted by molar-refractivity contribution is -0.117. The van der Waals surface area contributed by atoms with Crippen LogP contribution in [0.5, 0.6) is 0 Å². The standard InChI is InChI=1S/C21H32N2O2/c1-21(2,15-23(3)4)14-22-20(25)19(24)18-12-10-17(11-13-18)16-8-6-5-7-9-16/h10-13,16H,5-9,14-15H2,1-4H3,(H,22,25). The second-order valence-electron chi connectivity index (χ2n) is 8.37. The van der Waals surface area contributed by atoms with Crippen molar-refractivity contribution in [2.75, 3.05) is 27.2 Å². The van der Waals surface area contributed by atoms with Crippen LogP contribution in [-0.4, -0.2) is 43.8 Å². The van der Waals surface area contributed by atoms with Gasteiger partial charge in [-0.15, -0.1) is 0 Å². The maximum atomic E-state index is 12.3. The Morgan fingerprint density at radius 2 is 1.68 bits per heavy atom. The van der Waals surface area contributed by atoms with Crippen LogP contribution in [0.4, 0.5) is 0 Å². The third-order valence-corrected chi connectivity index (χ3v) is 4.93. The lowest BCUT2D eigenvalue weighted by Gasteiger charge is -2.28. The quantitative estimate of drug-likeness (QED) is 0.607. The van der Waals surface area contributed by atoms with Crippen LogP contribution in [0.3, 0.4) is 0 Å². The first-order valence-corrected chi connectivity index (χ1v) is 9.36. The summed E-state index contributed by atoms with van der Waals surface area (Å²) in [7, 11) is 4.01. The van der Waals surface area contributed by atoms with E-state index in [1.807, 2.05) is 26.2 Å². The van der Waals surface area contributed by atoms with Crippen molar-refractivity contribution in [1.82, 2.24) is 10.2 Å². The highest BCUT2D eigenvalue weighted by atomic mass is 16.2. The Balaban J connectivity index is 1.92. The number of hydrogen-bond donors (Lipinski definition) is 1. The Bertz CT molecular complexity index is 584. The maximum absolute atomic E-state index is 12.3. The zero-order valence-corrected chi connectivity index (χ0v) is 16.1. The molecule has 1 aliphatic carbocycles. The Morgan fingerprint density at radius 1 is 1.08 bits per heavy atom. The van der Waals surface area contributed by atoms with Crippen molar-refractivity contribution in [3.05, 3.63) is 35.4 Å². The molecule has 1 aromatic rings. The van der Waals surface area contributed by atoms with Crippen LogP contribution in [-0.2, 0) is 4.79 Å². The minimum Gasteiger partial charge on any atom is -0.349 e. The molecule has 1 aromatic carbocycles. The third kappa shape index (κ3) is 5.96. The fraction of sp³-hybridized carbons (Fsp3) is 0.619. The van der Waals surface area contributed by atoms with E-state index in [0.29, 0.717) is 18.0 Å². The van der Waals surface area contributed by atoms with Gasteiger partial charge in [0.25, 0.3) is 5.91 Å². The molecule has 1 N–H and O–H groups in total. The Kier molecular flexibility index (Phi) is 6.77. The fourth-order valence-electron chi connectivity index (χ4n) is 3.79. The van der Waals surface area contributed by atoms with Gasteiger partial charge in [0.2, 0.25) is 5.78 Å². The van der Waals surface area contributed by atoms with E-state index in [-0.39, 0.29) is 5.41 Å². The normalized spacial score (nSPS) is 16.0. The third-order valence-electron chi connectivity index (χ3n) is 4.93. The summed E-state index contributed by atoms with van der Waals surface area (Å²) in [5, 5.41) is 2.79. The number of hydrogen-bond acceptors (Lipinski definition) is 3. The molecule has 0 spiro atoms. The number of nitrogens with one attached hydrogen (secondary N) is 1. The molecule has 25 heavy (non-hydrogen) atoms. The Hall–Kier alpha value is -1.68. The largest absolute Gasteiger partial charge is 0.349 e. The molecule has 1 saturated carbocycles. The topological polar surface area (TPSA) is 49.4 Å². The summed E-state index contributed by atoms with van der Waals surface area (Å²) in [4.78, 5) is 26.6. The molecule has 4 nitrogen and oxygen atoms in total. The lowest BCUT2D eigenvalue weighted by atomic mass is 9.84. The number of benzene rings is 1. The van der Waals surface area contributed by atoms with E-state index in [1.165, 1.54) is 37.7 Å². The first-order valence-electron chi connectivity index (χ1n) is 9.36. The SMILES string of the molecule is CN(C)CC(C)(C)CNC(=O)C(=O)c1ccc(C2CCCCC2)cc1. The van der Waals surface area contributed by atoms with Crippen LogP contribution in [0.15, 0.2) is 24.3 Å². The van der Waals surface area contributed by atoms with E-state index in [4.69, 9.17) is 0 Å². The van der Waals surface area contributed by atoms with Crippen LogP contribution < -0.4 is 5.32 Å². The molecule has 0 heterocycles. The van der Waals surface area contributed by atoms with Gasteiger partial charge in [0.1, 0.15) is 0 Å². The zero-order chi connectivity index (χ0) is 18.4. The van der Waals surface area contributed by atoms with Crippen LogP contribution in [0.1, 0.15) is 67.8 Å². The van der Waals surface area contributed by atoms with Crippen LogP contribution in [0.2, 0.25) is 0 Å². The monoisotopic (exact) mass is 344 g/mol. The van der Waals surface area contributed by atoms with Crippen LogP contribution in [0, 0.1) is 5.41 Å². The van der Waals surface area contributed by atoms with Crippen LogP contribution in [0.25, 0.3) is 0 Å². The summed E-state index contributed by atoms with van der Waals surface area (Å²) in [5.74, 6) is -0.355. The van der Waals surface area contributed by atoms with Gasteiger partial charge in [0.15, 0.2) is 0 Å². The van der Waals surface area contributed by atoms with Crippen molar-refractivity contribution in [2.24, 2.45) is 5.41 Å². The summed E-state index contributed by atoms with van der Waals surface area (Å²) in [6.07, 6.45) is 6.37. The van der Waals surface area contributed by atoms with Gasteiger partial charge >= 0.3 is 0 Å². The van der Waals surface area contributed by atoms with Gasteiger partial charge < -0.3 is 10.2 Å². The van der Waals surface area contributed by atoms with Gasteiger partial charge in [-0.05, 0) is 43.8 Å². The first kappa shape index (κ1) is 19.6. The molecule has 0 aliphatic heterocycles. The minimum atomic E-state index is -0.516. The highest BCUT2D eigenvalue weighted by Crippen LogP contribution is 2.32. The van der Waals surface area contributed by atoms with Crippen molar-refractivity contribution >= 4 is 11.7 Å². The molecule has 0 aromatic heterocycles. The fourth-order valence-corrected chi connectivity index (χ4v) is 3.79. The molecule has 2 rings (SSSR count). The Morgan fingerprint density at radius 3 is 2.24 bits per heavy atom. The summed E-state index contributed by atoms with van der Waals surface area (Å²) in [6, 6.07) is 7.65. The lowest BCUT2D eigenvalue weighted by Crippen LogP contribution is -2.42. The number of Topliss-reactive ketones (excluding diaryl/α,β-unsaturated/α-hetero) is 1. The smallest absolute Gasteiger partial charge is 0.292 e. The number of carbonyl (C=O) groups is 2. The molecule has 1 amide bonds. The number of amides is 1. The first-order chi connectivity index (χ1) is 11.8. The van der Waals surface area contributed by atoms with Crippen molar-refractivity contribution in [2.45, 2.75) is 51.9 Å². The number of ketones is 1. The van der Waals surface area contributed by atoms with Crippen molar-refractivity contribution in [3.63, 3.8) is 0 Å². The molecule has 0 unspecified atom stereocenters. The van der Waals surface area contributed by atoms with Crippen molar-refractivity contribution < 1.29 is 9.59 Å². The minimum absolute atomic E-state index is 0.0791. The second kappa shape index (κ2) is 8.61. The molecule has 1 fully saturated rings. The molecule has 0 radical (unpaired) electrons. The highest BCUT2D eigenvalue weighted by Gasteiger charge is 2.23. The number of carbonyl (C=O) groups excluding carboxylic acids is 2. The van der Waals surface area contributed by atoms with Gasteiger partial charge in [-0.2, -0.15) is 0 Å². The summed E-state index contributed by atoms with van der Waals surface area (Å²) in [5.41, 5.74) is 1.69. The van der Waals surface area contributed by atoms with Gasteiger partial charge in [-0.25, -0.2) is 0 Å². The molecular weight excluding hydrogens is 312 g/mol. The molecule has 4 heteroatoms. The van der Waals surface area contributed by atoms with Crippen molar-refractivity contribution in [1.29, 1.82) is 0 Å². The molecule has 0 atom stereocenters. The number of rotatable bonds is 7. The Labute approximate surface area is 152 Å². The second-order valence-corrected chi connectivity index (χ2v) is 8.37. The van der Waals surface area contributed by atoms with E-state index in [9.17, 15) is 9.59 Å². The highest BCUT2D eigenvalue weighted by molar-refractivity contribution is 6.42. The molecule has 1 aliphatic rings. The molecule has 138 valence electrons. The predicted molar refractivity (Wildman–Crippen MR) is 102 cm³/mol. The maximum Gasteiger partial charge on any atom is 0.292 e. The van der Waals surface area contributed by atoms with Gasteiger partial charge in [-0.3, -0.25) is 9.59 Å². The molecular formula is C21H32N2O2. The summed E-state index contributed by atoms with van der Waals surface area (Å²) in [6.45, 7) is 5.49. The average Bonchev–Trinajstić information content (AvgIpc) is 2.59. The van der Waals surface area contributed by atoms with E-state index in [1.54, 1.807) is 12.1 Å². The zero-order valence-electron chi connectivity index (χ0n) is 16.1. The van der Waals surface area contributed by atoms with Crippen LogP contribution >= 0.6 is 0 Å². The van der Waals surface area contributed by atoms with E-state index >= 15 is 0 Å². The van der Waals surface area contributed by atoms with Crippen molar-refractivity contribution in [3.8, 4) is 0 Å². The average molecular weight is 344 g/mol. The summed E-state index contributed by atoms with van der Waals surface area (Å²) >= 11 is 0. The number of nitrogens with zero attached hydrogens (tertiary/aromatic N) is 1. The van der Waals surface area contributed by atoms with E-state index < -0.39 is 11.7 Å². The molecule has 0 saturated heterocycles. The predicted octanol–water partition coefficient (Wildman–Crippen LogP) is 3.62. The van der Waals surface area contributed by atoms with Gasteiger partial charge in [0.05, 0.1) is 0 Å². The van der Waals surface area contributed by atoms with E-state index in [0.717, 1.165) is 6.54 Å². The summed E-state index contributed by atoms with van der Waals surface area (Å²) < 4.78 is 0. The molecule has 0 bridgehead atoms. The van der Waals surface area contributed by atoms with Gasteiger partial charge in [-0.1, -0.05) is 57.4 Å². The van der Waals surface area contributed by atoms with E-state index in [2.05, 4.69) is 24.1 Å². The van der Waals surface area contributed by atoms with Gasteiger partial charge in [0, 0.05) is 18.7 Å².